The largest absolute Gasteiger partial charge is 0.307 e. The quantitative estimate of drug-likeness (QED) is 0.775. The maximum atomic E-state index is 6.07. The first kappa shape index (κ1) is 11.6. The molecule has 0 bridgehead atoms. The molecule has 76 valence electrons. The van der Waals surface area contributed by atoms with Gasteiger partial charge in [-0.2, -0.15) is 0 Å². The van der Waals surface area contributed by atoms with Gasteiger partial charge in [-0.05, 0) is 18.6 Å². The van der Waals surface area contributed by atoms with Crippen molar-refractivity contribution in [3.8, 4) is 0 Å². The molecule has 0 saturated carbocycles. The lowest BCUT2D eigenvalue weighted by atomic mass is 10.1. The summed E-state index contributed by atoms with van der Waals surface area (Å²) in [4.78, 5) is 0. The van der Waals surface area contributed by atoms with Gasteiger partial charge in [0, 0.05) is 12.6 Å². The Bertz CT molecular complexity index is 323. The average Bonchev–Trinajstić information content (AvgIpc) is 2.18. The molecule has 0 aliphatic carbocycles. The number of rotatable bonds is 4. The van der Waals surface area contributed by atoms with E-state index in [2.05, 4.69) is 11.9 Å². The molecule has 0 heterocycles. The van der Waals surface area contributed by atoms with Gasteiger partial charge in [0.15, 0.2) is 0 Å². The van der Waals surface area contributed by atoms with Crippen LogP contribution in [-0.4, -0.2) is 6.54 Å². The smallest absolute Gasteiger partial charge is 0.0639 e. The fraction of sp³-hybridized carbons (Fsp3) is 0.273. The van der Waals surface area contributed by atoms with E-state index in [9.17, 15) is 0 Å². The summed E-state index contributed by atoms with van der Waals surface area (Å²) in [5, 5.41) is 4.47. The fourth-order valence-electron chi connectivity index (χ4n) is 1.22. The number of hydrogen-bond donors (Lipinski definition) is 1. The van der Waals surface area contributed by atoms with Crippen LogP contribution < -0.4 is 5.32 Å². The molecule has 0 aliphatic heterocycles. The molecule has 1 nitrogen and oxygen atoms in total. The zero-order valence-electron chi connectivity index (χ0n) is 8.06. The van der Waals surface area contributed by atoms with Crippen LogP contribution in [-0.2, 0) is 0 Å². The zero-order chi connectivity index (χ0) is 10.6. The van der Waals surface area contributed by atoms with Crippen molar-refractivity contribution in [1.29, 1.82) is 0 Å². The monoisotopic (exact) mass is 229 g/mol. The molecular formula is C11H13Cl2N. The SMILES string of the molecule is C=CCNC(C)c1cccc(Cl)c1Cl. The molecule has 1 unspecified atom stereocenters. The summed E-state index contributed by atoms with van der Waals surface area (Å²) in [6.45, 7) is 6.44. The van der Waals surface area contributed by atoms with Crippen LogP contribution in [0, 0.1) is 0 Å². The van der Waals surface area contributed by atoms with E-state index in [1.165, 1.54) is 0 Å². The highest BCUT2D eigenvalue weighted by Crippen LogP contribution is 2.29. The predicted molar refractivity (Wildman–Crippen MR) is 63.1 cm³/mol. The molecule has 1 aromatic carbocycles. The Hall–Kier alpha value is -0.500. The maximum absolute atomic E-state index is 6.07. The summed E-state index contributed by atoms with van der Waals surface area (Å²) >= 11 is 12.0. The molecule has 1 atom stereocenters. The van der Waals surface area contributed by atoms with Gasteiger partial charge in [-0.25, -0.2) is 0 Å². The van der Waals surface area contributed by atoms with Gasteiger partial charge in [0.25, 0.3) is 0 Å². The van der Waals surface area contributed by atoms with Crippen molar-refractivity contribution in [3.63, 3.8) is 0 Å². The Kier molecular flexibility index (Phi) is 4.46. The normalized spacial score (nSPS) is 12.5. The van der Waals surface area contributed by atoms with Crippen LogP contribution in [0.1, 0.15) is 18.5 Å². The molecule has 1 N–H and O–H groups in total. The van der Waals surface area contributed by atoms with Gasteiger partial charge >= 0.3 is 0 Å². The third-order valence-corrected chi connectivity index (χ3v) is 2.85. The molecule has 1 aromatic rings. The number of benzene rings is 1. The molecule has 0 amide bonds. The lowest BCUT2D eigenvalue weighted by molar-refractivity contribution is 0.618. The molecule has 14 heavy (non-hydrogen) atoms. The first-order valence-electron chi connectivity index (χ1n) is 4.45. The van der Waals surface area contributed by atoms with Crippen molar-refractivity contribution >= 4 is 23.2 Å². The molecule has 0 saturated heterocycles. The lowest BCUT2D eigenvalue weighted by Gasteiger charge is -2.14. The van der Waals surface area contributed by atoms with Crippen LogP contribution in [0.3, 0.4) is 0 Å². The summed E-state index contributed by atoms with van der Waals surface area (Å²) in [6, 6.07) is 5.83. The molecule has 0 spiro atoms. The van der Waals surface area contributed by atoms with Gasteiger partial charge in [0.1, 0.15) is 0 Å². The van der Waals surface area contributed by atoms with Gasteiger partial charge < -0.3 is 5.32 Å². The summed E-state index contributed by atoms with van der Waals surface area (Å²) in [5.74, 6) is 0. The number of hydrogen-bond acceptors (Lipinski definition) is 1. The fourth-order valence-corrected chi connectivity index (χ4v) is 1.70. The van der Waals surface area contributed by atoms with Crippen LogP contribution in [0.2, 0.25) is 10.0 Å². The Morgan fingerprint density at radius 3 is 2.86 bits per heavy atom. The van der Waals surface area contributed by atoms with E-state index in [1.54, 1.807) is 6.07 Å². The summed E-state index contributed by atoms with van der Waals surface area (Å²) in [6.07, 6.45) is 1.81. The topological polar surface area (TPSA) is 12.0 Å². The van der Waals surface area contributed by atoms with Crippen LogP contribution in [0.15, 0.2) is 30.9 Å². The molecule has 3 heteroatoms. The van der Waals surface area contributed by atoms with Gasteiger partial charge in [-0.1, -0.05) is 41.4 Å². The molecular weight excluding hydrogens is 217 g/mol. The minimum atomic E-state index is 0.180. The zero-order valence-corrected chi connectivity index (χ0v) is 9.57. The van der Waals surface area contributed by atoms with Gasteiger partial charge in [0.05, 0.1) is 10.0 Å². The van der Waals surface area contributed by atoms with Gasteiger partial charge in [-0.15, -0.1) is 6.58 Å². The highest BCUT2D eigenvalue weighted by atomic mass is 35.5. The predicted octanol–water partition coefficient (Wildman–Crippen LogP) is 3.83. The minimum absolute atomic E-state index is 0.180. The van der Waals surface area contributed by atoms with Crippen LogP contribution >= 0.6 is 23.2 Å². The Labute approximate surface area is 94.7 Å². The summed E-state index contributed by atoms with van der Waals surface area (Å²) in [7, 11) is 0. The standard InChI is InChI=1S/C11H13Cl2N/c1-3-7-14-8(2)9-5-4-6-10(12)11(9)13/h3-6,8,14H,1,7H2,2H3. The van der Waals surface area contributed by atoms with E-state index in [0.29, 0.717) is 10.0 Å². The number of halogens is 2. The Morgan fingerprint density at radius 2 is 2.21 bits per heavy atom. The first-order valence-corrected chi connectivity index (χ1v) is 5.20. The van der Waals surface area contributed by atoms with E-state index < -0.39 is 0 Å². The highest BCUT2D eigenvalue weighted by Gasteiger charge is 2.10. The second-order valence-corrected chi connectivity index (χ2v) is 3.85. The Morgan fingerprint density at radius 1 is 1.50 bits per heavy atom. The molecule has 0 aromatic heterocycles. The van der Waals surface area contributed by atoms with Crippen molar-refractivity contribution in [1.82, 2.24) is 5.32 Å². The molecule has 1 rings (SSSR count). The van der Waals surface area contributed by atoms with Crippen LogP contribution in [0.4, 0.5) is 0 Å². The maximum Gasteiger partial charge on any atom is 0.0639 e. The molecule has 0 radical (unpaired) electrons. The van der Waals surface area contributed by atoms with E-state index in [4.69, 9.17) is 23.2 Å². The average molecular weight is 230 g/mol. The molecule has 0 fully saturated rings. The van der Waals surface area contributed by atoms with Crippen LogP contribution in [0.25, 0.3) is 0 Å². The van der Waals surface area contributed by atoms with Gasteiger partial charge in [0.2, 0.25) is 0 Å². The van der Waals surface area contributed by atoms with Crippen molar-refractivity contribution in [3.05, 3.63) is 46.5 Å². The second-order valence-electron chi connectivity index (χ2n) is 3.06. The van der Waals surface area contributed by atoms with Crippen LogP contribution in [0.5, 0.6) is 0 Å². The molecule has 0 aliphatic rings. The first-order chi connectivity index (χ1) is 6.66. The Balaban J connectivity index is 2.83. The minimum Gasteiger partial charge on any atom is -0.307 e. The van der Waals surface area contributed by atoms with Crippen molar-refractivity contribution in [2.24, 2.45) is 0 Å². The lowest BCUT2D eigenvalue weighted by Crippen LogP contribution is -2.18. The van der Waals surface area contributed by atoms with E-state index >= 15 is 0 Å². The highest BCUT2D eigenvalue weighted by molar-refractivity contribution is 6.42. The van der Waals surface area contributed by atoms with E-state index in [-0.39, 0.29) is 6.04 Å². The van der Waals surface area contributed by atoms with Crippen molar-refractivity contribution < 1.29 is 0 Å². The van der Waals surface area contributed by atoms with Gasteiger partial charge in [-0.3, -0.25) is 0 Å². The number of nitrogens with one attached hydrogen (secondary N) is 1. The third-order valence-electron chi connectivity index (χ3n) is 2.02. The summed E-state index contributed by atoms with van der Waals surface area (Å²) in [5.41, 5.74) is 1.01. The summed E-state index contributed by atoms with van der Waals surface area (Å²) < 4.78 is 0. The third kappa shape index (κ3) is 2.74. The second kappa shape index (κ2) is 5.40. The van der Waals surface area contributed by atoms with Crippen molar-refractivity contribution in [2.45, 2.75) is 13.0 Å². The van der Waals surface area contributed by atoms with E-state index in [1.807, 2.05) is 25.1 Å². The van der Waals surface area contributed by atoms with E-state index in [0.717, 1.165) is 12.1 Å². The van der Waals surface area contributed by atoms with Crippen molar-refractivity contribution in [2.75, 3.05) is 6.54 Å².